The summed E-state index contributed by atoms with van der Waals surface area (Å²) >= 11 is 0. The van der Waals surface area contributed by atoms with Crippen LogP contribution in [0.15, 0.2) is 9.98 Å². The molecule has 0 fully saturated rings. The molecule has 0 spiro atoms. The third-order valence-electron chi connectivity index (χ3n) is 5.34. The Balaban J connectivity index is 4.74. The second-order valence-corrected chi connectivity index (χ2v) is 8.73. The van der Waals surface area contributed by atoms with E-state index in [0.717, 1.165) is 12.8 Å². The predicted molar refractivity (Wildman–Crippen MR) is 149 cm³/mol. The molecule has 6 amide bonds. The van der Waals surface area contributed by atoms with Gasteiger partial charge >= 0.3 is 18.1 Å². The smallest absolute Gasteiger partial charge is 0.315 e. The zero-order chi connectivity index (χ0) is 28.8. The number of aliphatic imine (C=N–C) groups is 2. The van der Waals surface area contributed by atoms with Crippen LogP contribution in [0.2, 0.25) is 0 Å². The van der Waals surface area contributed by atoms with E-state index in [1.807, 2.05) is 0 Å². The largest absolute Gasteiger partial charge is 0.370 e. The van der Waals surface area contributed by atoms with E-state index in [-0.39, 0.29) is 43.6 Å². The first-order chi connectivity index (χ1) is 18.1. The molecular weight excluding hydrogens is 496 g/mol. The summed E-state index contributed by atoms with van der Waals surface area (Å²) in [5, 5.41) is 13.7. The predicted octanol–water partition coefficient (Wildman–Crippen LogP) is -3.45. The van der Waals surface area contributed by atoms with Gasteiger partial charge in [0.05, 0.1) is 0 Å². The average Bonchev–Trinajstić information content (AvgIpc) is 2.84. The van der Waals surface area contributed by atoms with Crippen molar-refractivity contribution in [1.29, 1.82) is 0 Å². The van der Waals surface area contributed by atoms with Crippen LogP contribution in [0, 0.1) is 0 Å². The summed E-state index contributed by atoms with van der Waals surface area (Å²) in [6.07, 6.45) is 4.47. The zero-order valence-corrected chi connectivity index (χ0v) is 22.1. The molecule has 3 atom stereocenters. The highest BCUT2D eigenvalue weighted by atomic mass is 16.2. The van der Waals surface area contributed by atoms with Gasteiger partial charge in [0.1, 0.15) is 0 Å². The van der Waals surface area contributed by atoms with Crippen molar-refractivity contribution in [2.75, 3.05) is 39.3 Å². The molecule has 0 aromatic carbocycles. The number of guanidine groups is 2. The van der Waals surface area contributed by atoms with Crippen LogP contribution in [-0.2, 0) is 0 Å². The summed E-state index contributed by atoms with van der Waals surface area (Å²) in [5.41, 5.74) is 37.8. The fourth-order valence-electron chi connectivity index (χ4n) is 3.43. The van der Waals surface area contributed by atoms with Crippen molar-refractivity contribution in [2.45, 2.75) is 63.1 Å². The topological polar surface area (TPSA) is 318 Å². The Hall–Kier alpha value is -3.73. The first-order valence-corrected chi connectivity index (χ1v) is 12.7. The van der Waals surface area contributed by atoms with Crippen molar-refractivity contribution in [3.8, 4) is 0 Å². The molecule has 0 aliphatic rings. The van der Waals surface area contributed by atoms with E-state index >= 15 is 0 Å². The first-order valence-electron chi connectivity index (χ1n) is 12.7. The lowest BCUT2D eigenvalue weighted by Gasteiger charge is -2.23. The zero-order valence-electron chi connectivity index (χ0n) is 22.1. The molecule has 17 nitrogen and oxygen atoms in total. The molecule has 0 saturated carbocycles. The summed E-state index contributed by atoms with van der Waals surface area (Å²) in [4.78, 5) is 44.0. The molecule has 0 radical (unpaired) electrons. The highest BCUT2D eigenvalue weighted by Gasteiger charge is 2.17. The van der Waals surface area contributed by atoms with Gasteiger partial charge in [0.15, 0.2) is 11.9 Å². The van der Waals surface area contributed by atoms with Gasteiger partial charge in [-0.2, -0.15) is 0 Å². The number of hydrogen-bond donors (Lipinski definition) is 12. The standard InChI is InChI=1S/C21H48N14O3/c22-8-2-1-5-16(13-32-20(37)34-14(11-23)6-3-9-29-17(24)25)35-21(38)31-12-15(33-19(28)36)7-4-10-30-18(26)27/h14-16H,1-13,22-23H2,(H4,24,25,29)(H4,26,27,30)(H3,28,33,36)(H2,31,35,38)(H2,32,34,37). The van der Waals surface area contributed by atoms with Crippen molar-refractivity contribution in [3.05, 3.63) is 0 Å². The fraction of sp³-hybridized carbons (Fsp3) is 0.762. The first kappa shape index (κ1) is 34.3. The van der Waals surface area contributed by atoms with Gasteiger partial charge in [0, 0.05) is 50.8 Å². The van der Waals surface area contributed by atoms with Gasteiger partial charge in [0.25, 0.3) is 0 Å². The molecule has 0 aromatic rings. The number of rotatable bonds is 20. The van der Waals surface area contributed by atoms with Crippen LogP contribution in [0.5, 0.6) is 0 Å². The van der Waals surface area contributed by atoms with Gasteiger partial charge in [-0.3, -0.25) is 9.98 Å². The molecule has 17 heteroatoms. The fourth-order valence-corrected chi connectivity index (χ4v) is 3.43. The highest BCUT2D eigenvalue weighted by molar-refractivity contribution is 5.76. The molecule has 0 heterocycles. The van der Waals surface area contributed by atoms with Crippen LogP contribution >= 0.6 is 0 Å². The molecule has 38 heavy (non-hydrogen) atoms. The lowest BCUT2D eigenvalue weighted by molar-refractivity contribution is 0.227. The van der Waals surface area contributed by atoms with Gasteiger partial charge in [-0.1, -0.05) is 6.42 Å². The van der Waals surface area contributed by atoms with E-state index in [2.05, 4.69) is 36.6 Å². The lowest BCUT2D eigenvalue weighted by atomic mass is 10.1. The number of nitrogens with zero attached hydrogens (tertiary/aromatic N) is 2. The molecule has 19 N–H and O–H groups in total. The number of unbranched alkanes of at least 4 members (excludes halogenated alkanes) is 1. The number of carbonyl (C=O) groups is 3. The van der Waals surface area contributed by atoms with E-state index in [1.54, 1.807) is 0 Å². The van der Waals surface area contributed by atoms with Gasteiger partial charge in [0.2, 0.25) is 0 Å². The van der Waals surface area contributed by atoms with Crippen molar-refractivity contribution in [1.82, 2.24) is 26.6 Å². The quantitative estimate of drug-likeness (QED) is 0.0411. The van der Waals surface area contributed by atoms with E-state index < -0.39 is 24.1 Å². The maximum absolute atomic E-state index is 12.5. The number of nitrogens with one attached hydrogen (secondary N) is 5. The maximum Gasteiger partial charge on any atom is 0.315 e. The van der Waals surface area contributed by atoms with Crippen LogP contribution in [-0.4, -0.2) is 87.4 Å². The molecule has 0 aliphatic carbocycles. The van der Waals surface area contributed by atoms with Gasteiger partial charge in [-0.15, -0.1) is 0 Å². The number of hydrogen-bond acceptors (Lipinski definition) is 7. The highest BCUT2D eigenvalue weighted by Crippen LogP contribution is 2.01. The number of primary amides is 1. The normalized spacial score (nSPS) is 12.8. The number of carbonyl (C=O) groups excluding carboxylic acids is 3. The second-order valence-electron chi connectivity index (χ2n) is 8.73. The molecular formula is C21H48N14O3. The third-order valence-corrected chi connectivity index (χ3v) is 5.34. The monoisotopic (exact) mass is 544 g/mol. The lowest BCUT2D eigenvalue weighted by Crippen LogP contribution is -2.53. The van der Waals surface area contributed by atoms with Gasteiger partial charge in [-0.05, 0) is 45.1 Å². The molecule has 0 aromatic heterocycles. The summed E-state index contributed by atoms with van der Waals surface area (Å²) in [7, 11) is 0. The van der Waals surface area contributed by atoms with E-state index in [4.69, 9.17) is 40.1 Å². The van der Waals surface area contributed by atoms with Crippen LogP contribution in [0.3, 0.4) is 0 Å². The number of nitrogens with two attached hydrogens (primary N) is 7. The van der Waals surface area contributed by atoms with Crippen LogP contribution in [0.25, 0.3) is 0 Å². The summed E-state index contributed by atoms with van der Waals surface area (Å²) in [5.74, 6) is -0.00834. The molecule has 0 bridgehead atoms. The third kappa shape index (κ3) is 20.5. The van der Waals surface area contributed by atoms with Gasteiger partial charge in [-0.25, -0.2) is 14.4 Å². The molecule has 0 rings (SSSR count). The Kier molecular flexibility index (Phi) is 19.3. The molecule has 0 aliphatic heterocycles. The van der Waals surface area contributed by atoms with E-state index in [9.17, 15) is 14.4 Å². The Bertz CT molecular complexity index is 741. The summed E-state index contributed by atoms with van der Waals surface area (Å²) in [6.45, 7) is 1.92. The molecule has 220 valence electrons. The SMILES string of the molecule is NCCCCC(CNC(=O)NC(CN)CCCN=C(N)N)NC(=O)NCC(CCCN=C(N)N)NC(N)=O. The van der Waals surface area contributed by atoms with E-state index in [1.165, 1.54) is 0 Å². The van der Waals surface area contributed by atoms with Gasteiger partial charge < -0.3 is 66.7 Å². The summed E-state index contributed by atoms with van der Waals surface area (Å²) in [6, 6.07) is -2.58. The van der Waals surface area contributed by atoms with Crippen LogP contribution < -0.4 is 66.7 Å². The number of amides is 6. The average molecular weight is 545 g/mol. The minimum absolute atomic E-state index is 0.0136. The minimum atomic E-state index is -0.707. The maximum atomic E-state index is 12.5. The Labute approximate surface area is 223 Å². The van der Waals surface area contributed by atoms with Crippen LogP contribution in [0.4, 0.5) is 14.4 Å². The summed E-state index contributed by atoms with van der Waals surface area (Å²) < 4.78 is 0. The molecule has 3 unspecified atom stereocenters. The van der Waals surface area contributed by atoms with Crippen molar-refractivity contribution in [3.63, 3.8) is 0 Å². The Morgan fingerprint density at radius 2 is 1.05 bits per heavy atom. The minimum Gasteiger partial charge on any atom is -0.370 e. The van der Waals surface area contributed by atoms with E-state index in [0.29, 0.717) is 51.7 Å². The Morgan fingerprint density at radius 1 is 0.605 bits per heavy atom. The van der Waals surface area contributed by atoms with Crippen molar-refractivity contribution >= 4 is 30.0 Å². The Morgan fingerprint density at radius 3 is 1.50 bits per heavy atom. The molecule has 0 saturated heterocycles. The number of urea groups is 3. The van der Waals surface area contributed by atoms with Crippen molar-refractivity contribution < 1.29 is 14.4 Å². The second kappa shape index (κ2) is 21.4. The van der Waals surface area contributed by atoms with Crippen molar-refractivity contribution in [2.24, 2.45) is 50.1 Å². The van der Waals surface area contributed by atoms with Crippen LogP contribution in [0.1, 0.15) is 44.9 Å².